The number of benzene rings is 1. The molecule has 8 nitrogen and oxygen atoms in total. The zero-order chi connectivity index (χ0) is 14.7. The van der Waals surface area contributed by atoms with Gasteiger partial charge in [-0.3, -0.25) is 0 Å². The summed E-state index contributed by atoms with van der Waals surface area (Å²) in [4.78, 5) is 17.4. The molecule has 0 aliphatic rings. The van der Waals surface area contributed by atoms with Crippen LogP contribution in [0.25, 0.3) is 5.95 Å². The Kier molecular flexibility index (Phi) is 3.65. The molecule has 9 heteroatoms. The zero-order valence-corrected chi connectivity index (χ0v) is 11.9. The number of hydrogen-bond acceptors (Lipinski definition) is 8. The van der Waals surface area contributed by atoms with Crippen molar-refractivity contribution in [2.75, 3.05) is 17.3 Å². The van der Waals surface area contributed by atoms with E-state index in [2.05, 4.69) is 30.4 Å². The van der Waals surface area contributed by atoms with Gasteiger partial charge in [0.05, 0.1) is 0 Å². The number of aromatic nitrogens is 6. The van der Waals surface area contributed by atoms with Crippen LogP contribution in [0.15, 0.2) is 41.8 Å². The number of thioether (sulfide) groups is 1. The maximum atomic E-state index is 5.71. The van der Waals surface area contributed by atoms with Gasteiger partial charge in [0.1, 0.15) is 12.7 Å². The third kappa shape index (κ3) is 3.08. The van der Waals surface area contributed by atoms with Gasteiger partial charge in [0.2, 0.25) is 11.9 Å². The summed E-state index contributed by atoms with van der Waals surface area (Å²) in [5.74, 6) is 0.772. The van der Waals surface area contributed by atoms with E-state index in [-0.39, 0.29) is 5.95 Å². The van der Waals surface area contributed by atoms with E-state index < -0.39 is 0 Å². The van der Waals surface area contributed by atoms with Crippen LogP contribution >= 0.6 is 11.8 Å². The molecule has 0 unspecified atom stereocenters. The molecular weight excluding hydrogens is 288 g/mol. The van der Waals surface area contributed by atoms with Crippen molar-refractivity contribution in [3.05, 3.63) is 36.9 Å². The SMILES string of the molecule is CSc1cccc(Nc2nc(N)nc(-n3cncn3)n2)c1. The molecule has 106 valence electrons. The number of nitrogens with one attached hydrogen (secondary N) is 1. The fraction of sp³-hybridized carbons (Fsp3) is 0.0833. The average Bonchev–Trinajstić information content (AvgIpc) is 3.01. The molecule has 0 amide bonds. The quantitative estimate of drug-likeness (QED) is 0.698. The molecule has 0 aliphatic carbocycles. The Labute approximate surface area is 124 Å². The molecule has 0 saturated heterocycles. The molecule has 3 aromatic rings. The summed E-state index contributed by atoms with van der Waals surface area (Å²) in [6.45, 7) is 0. The summed E-state index contributed by atoms with van der Waals surface area (Å²) in [5.41, 5.74) is 6.58. The fourth-order valence-electron chi connectivity index (χ4n) is 1.68. The largest absolute Gasteiger partial charge is 0.368 e. The second-order valence-corrected chi connectivity index (χ2v) is 4.89. The first-order chi connectivity index (χ1) is 10.2. The van der Waals surface area contributed by atoms with Gasteiger partial charge in [-0.25, -0.2) is 4.98 Å². The smallest absolute Gasteiger partial charge is 0.258 e. The van der Waals surface area contributed by atoms with Crippen LogP contribution in [-0.2, 0) is 0 Å². The van der Waals surface area contributed by atoms with Gasteiger partial charge >= 0.3 is 0 Å². The zero-order valence-electron chi connectivity index (χ0n) is 11.1. The molecule has 0 saturated carbocycles. The lowest BCUT2D eigenvalue weighted by Crippen LogP contribution is -2.09. The molecule has 0 aliphatic heterocycles. The first kappa shape index (κ1) is 13.3. The molecule has 2 heterocycles. The highest BCUT2D eigenvalue weighted by atomic mass is 32.2. The molecule has 0 bridgehead atoms. The Morgan fingerprint density at radius 1 is 1.24 bits per heavy atom. The molecule has 0 fully saturated rings. The van der Waals surface area contributed by atoms with Crippen molar-refractivity contribution in [3.63, 3.8) is 0 Å². The van der Waals surface area contributed by atoms with E-state index in [1.807, 2.05) is 30.5 Å². The van der Waals surface area contributed by atoms with Crippen molar-refractivity contribution < 1.29 is 0 Å². The molecule has 21 heavy (non-hydrogen) atoms. The normalized spacial score (nSPS) is 10.5. The summed E-state index contributed by atoms with van der Waals surface area (Å²) in [7, 11) is 0. The van der Waals surface area contributed by atoms with Crippen molar-refractivity contribution in [3.8, 4) is 5.95 Å². The highest BCUT2D eigenvalue weighted by Crippen LogP contribution is 2.21. The molecule has 0 atom stereocenters. The lowest BCUT2D eigenvalue weighted by molar-refractivity contribution is 0.800. The number of nitrogen functional groups attached to an aromatic ring is 1. The van der Waals surface area contributed by atoms with Gasteiger partial charge in [0.25, 0.3) is 5.95 Å². The lowest BCUT2D eigenvalue weighted by Gasteiger charge is -2.07. The second kappa shape index (κ2) is 5.75. The summed E-state index contributed by atoms with van der Waals surface area (Å²) < 4.78 is 1.42. The van der Waals surface area contributed by atoms with E-state index in [4.69, 9.17) is 5.73 Å². The van der Waals surface area contributed by atoms with Crippen LogP contribution in [-0.4, -0.2) is 36.0 Å². The minimum atomic E-state index is 0.110. The van der Waals surface area contributed by atoms with Gasteiger partial charge < -0.3 is 11.1 Å². The van der Waals surface area contributed by atoms with Crippen LogP contribution in [0.5, 0.6) is 0 Å². The summed E-state index contributed by atoms with van der Waals surface area (Å²) in [5, 5.41) is 7.07. The second-order valence-electron chi connectivity index (χ2n) is 4.01. The van der Waals surface area contributed by atoms with Crippen molar-refractivity contribution in [2.24, 2.45) is 0 Å². The molecular formula is C12H12N8S. The third-order valence-electron chi connectivity index (χ3n) is 2.59. The van der Waals surface area contributed by atoms with E-state index >= 15 is 0 Å². The van der Waals surface area contributed by atoms with Crippen LogP contribution in [0.4, 0.5) is 17.6 Å². The molecule has 3 N–H and O–H groups in total. The van der Waals surface area contributed by atoms with E-state index in [1.165, 1.54) is 17.3 Å². The van der Waals surface area contributed by atoms with Crippen LogP contribution in [0, 0.1) is 0 Å². The molecule has 0 spiro atoms. The number of nitrogens with zero attached hydrogens (tertiary/aromatic N) is 6. The van der Waals surface area contributed by atoms with Gasteiger partial charge in [-0.15, -0.1) is 11.8 Å². The van der Waals surface area contributed by atoms with E-state index in [9.17, 15) is 0 Å². The van der Waals surface area contributed by atoms with Crippen molar-refractivity contribution in [1.29, 1.82) is 0 Å². The lowest BCUT2D eigenvalue weighted by atomic mass is 10.3. The van der Waals surface area contributed by atoms with E-state index in [0.717, 1.165) is 10.6 Å². The number of nitrogens with two attached hydrogens (primary N) is 1. The predicted molar refractivity (Wildman–Crippen MR) is 80.7 cm³/mol. The standard InChI is InChI=1S/C12H12N8S/c1-21-9-4-2-3-8(5-9)16-11-17-10(13)18-12(19-11)20-7-14-6-15-20/h2-7H,1H3,(H3,13,16,17,18,19). The summed E-state index contributed by atoms with van der Waals surface area (Å²) in [6.07, 6.45) is 4.91. The Morgan fingerprint density at radius 3 is 2.90 bits per heavy atom. The van der Waals surface area contributed by atoms with Gasteiger partial charge in [0, 0.05) is 10.6 Å². The van der Waals surface area contributed by atoms with Crippen LogP contribution in [0.1, 0.15) is 0 Å². The van der Waals surface area contributed by atoms with Crippen LogP contribution in [0.2, 0.25) is 0 Å². The van der Waals surface area contributed by atoms with Gasteiger partial charge in [-0.05, 0) is 24.5 Å². The molecule has 3 rings (SSSR count). The minimum absolute atomic E-state index is 0.110. The minimum Gasteiger partial charge on any atom is -0.368 e. The third-order valence-corrected chi connectivity index (χ3v) is 3.32. The Morgan fingerprint density at radius 2 is 2.14 bits per heavy atom. The van der Waals surface area contributed by atoms with E-state index in [1.54, 1.807) is 11.8 Å². The summed E-state index contributed by atoms with van der Waals surface area (Å²) >= 11 is 1.66. The van der Waals surface area contributed by atoms with E-state index in [0.29, 0.717) is 11.9 Å². The molecule has 0 radical (unpaired) electrons. The Hall–Kier alpha value is -2.68. The Balaban J connectivity index is 1.91. The maximum absolute atomic E-state index is 5.71. The van der Waals surface area contributed by atoms with Crippen molar-refractivity contribution in [1.82, 2.24) is 29.7 Å². The number of hydrogen-bond donors (Lipinski definition) is 2. The first-order valence-corrected chi connectivity index (χ1v) is 7.25. The van der Waals surface area contributed by atoms with Gasteiger partial charge in [-0.1, -0.05) is 6.07 Å². The highest BCUT2D eigenvalue weighted by Gasteiger charge is 2.07. The number of rotatable bonds is 4. The fourth-order valence-corrected chi connectivity index (χ4v) is 2.14. The topological polar surface area (TPSA) is 107 Å². The van der Waals surface area contributed by atoms with Crippen LogP contribution in [0.3, 0.4) is 0 Å². The van der Waals surface area contributed by atoms with Gasteiger partial charge in [-0.2, -0.15) is 24.7 Å². The monoisotopic (exact) mass is 300 g/mol. The maximum Gasteiger partial charge on any atom is 0.258 e. The van der Waals surface area contributed by atoms with Gasteiger partial charge in [0.15, 0.2) is 0 Å². The first-order valence-electron chi connectivity index (χ1n) is 6.02. The van der Waals surface area contributed by atoms with Crippen molar-refractivity contribution in [2.45, 2.75) is 4.90 Å². The highest BCUT2D eigenvalue weighted by molar-refractivity contribution is 7.98. The van der Waals surface area contributed by atoms with Crippen LogP contribution < -0.4 is 11.1 Å². The number of anilines is 3. The predicted octanol–water partition coefficient (Wildman–Crippen LogP) is 1.50. The van der Waals surface area contributed by atoms with Crippen molar-refractivity contribution >= 4 is 29.3 Å². The summed E-state index contributed by atoms with van der Waals surface area (Å²) in [6, 6.07) is 7.91. The Bertz CT molecular complexity index is 743. The molecule has 2 aromatic heterocycles. The molecule has 1 aromatic carbocycles. The average molecular weight is 300 g/mol.